The van der Waals surface area contributed by atoms with Crippen LogP contribution in [0.5, 0.6) is 0 Å². The molecule has 0 aliphatic heterocycles. The zero-order valence-electron chi connectivity index (χ0n) is 16.1. The summed E-state index contributed by atoms with van der Waals surface area (Å²) in [6.45, 7) is 4.46. The maximum Gasteiger partial charge on any atom is 0.341 e. The van der Waals surface area contributed by atoms with E-state index in [1.54, 1.807) is 29.7 Å². The van der Waals surface area contributed by atoms with E-state index in [0.717, 1.165) is 24.4 Å². The highest BCUT2D eigenvalue weighted by molar-refractivity contribution is 7.98. The Morgan fingerprint density at radius 1 is 1.21 bits per heavy atom. The van der Waals surface area contributed by atoms with Crippen LogP contribution in [0, 0.1) is 13.8 Å². The topological polar surface area (TPSA) is 61.2 Å². The van der Waals surface area contributed by atoms with Crippen molar-refractivity contribution < 1.29 is 14.3 Å². The van der Waals surface area contributed by atoms with Gasteiger partial charge in [0.1, 0.15) is 5.03 Å². The maximum absolute atomic E-state index is 12.6. The smallest absolute Gasteiger partial charge is 0.341 e. The number of pyridine rings is 1. The molecule has 5 nitrogen and oxygen atoms in total. The number of aryl methyl sites for hydroxylation is 2. The lowest BCUT2D eigenvalue weighted by Gasteiger charge is -2.09. The molecule has 0 fully saturated rings. The number of nitrogens with zero attached hydrogens (tertiary/aromatic N) is 2. The minimum Gasteiger partial charge on any atom is -0.454 e. The first-order chi connectivity index (χ1) is 13.5. The van der Waals surface area contributed by atoms with Gasteiger partial charge < -0.3 is 9.30 Å². The van der Waals surface area contributed by atoms with Gasteiger partial charge in [0.15, 0.2) is 6.61 Å². The highest BCUT2D eigenvalue weighted by atomic mass is 32.2. The fraction of sp³-hybridized carbons (Fsp3) is 0.286. The third-order valence-corrected chi connectivity index (χ3v) is 6.20. The zero-order valence-corrected chi connectivity index (χ0v) is 17.7. The summed E-state index contributed by atoms with van der Waals surface area (Å²) >= 11 is 3.10. The first-order valence-electron chi connectivity index (χ1n) is 8.89. The highest BCUT2D eigenvalue weighted by Gasteiger charge is 2.19. The molecule has 3 aromatic heterocycles. The van der Waals surface area contributed by atoms with Gasteiger partial charge in [0, 0.05) is 34.6 Å². The van der Waals surface area contributed by atoms with E-state index in [1.165, 1.54) is 16.6 Å². The molecule has 0 atom stereocenters. The van der Waals surface area contributed by atoms with Gasteiger partial charge in [0.2, 0.25) is 5.78 Å². The number of hydrogen-bond donors (Lipinski definition) is 0. The average Bonchev–Trinajstić information content (AvgIpc) is 3.32. The van der Waals surface area contributed by atoms with E-state index < -0.39 is 5.97 Å². The predicted octanol–water partition coefficient (Wildman–Crippen LogP) is 4.57. The number of ketones is 1. The van der Waals surface area contributed by atoms with Gasteiger partial charge in [-0.05, 0) is 56.2 Å². The van der Waals surface area contributed by atoms with Crippen molar-refractivity contribution in [3.8, 4) is 0 Å². The molecule has 0 aromatic carbocycles. The van der Waals surface area contributed by atoms with Crippen molar-refractivity contribution in [3.05, 3.63) is 69.3 Å². The number of ether oxygens (including phenoxy) is 1. The van der Waals surface area contributed by atoms with E-state index in [-0.39, 0.29) is 12.4 Å². The molecule has 3 aromatic rings. The molecule has 0 aliphatic rings. The first-order valence-corrected chi connectivity index (χ1v) is 11.0. The molecule has 146 valence electrons. The molecule has 0 unspecified atom stereocenters. The summed E-state index contributed by atoms with van der Waals surface area (Å²) < 4.78 is 7.40. The van der Waals surface area contributed by atoms with E-state index in [0.29, 0.717) is 16.2 Å². The molecule has 0 amide bonds. The SMILES string of the molecule is CSc1ncccc1C(=O)OCC(=O)c1cc(C)n(CCc2cccs2)c1C. The van der Waals surface area contributed by atoms with Crippen molar-refractivity contribution in [1.82, 2.24) is 9.55 Å². The van der Waals surface area contributed by atoms with Crippen LogP contribution in [0.15, 0.2) is 46.9 Å². The van der Waals surface area contributed by atoms with E-state index in [2.05, 4.69) is 21.0 Å². The van der Waals surface area contributed by atoms with Gasteiger partial charge in [-0.1, -0.05) is 6.07 Å². The van der Waals surface area contributed by atoms with Crippen molar-refractivity contribution in [2.75, 3.05) is 12.9 Å². The number of aromatic nitrogens is 2. The Kier molecular flexibility index (Phi) is 6.70. The van der Waals surface area contributed by atoms with Crippen molar-refractivity contribution in [1.29, 1.82) is 0 Å². The Labute approximate surface area is 172 Å². The minimum absolute atomic E-state index is 0.196. The molecule has 3 rings (SSSR count). The van der Waals surface area contributed by atoms with Crippen molar-refractivity contribution in [2.24, 2.45) is 0 Å². The van der Waals surface area contributed by atoms with Crippen LogP contribution < -0.4 is 0 Å². The van der Waals surface area contributed by atoms with Crippen LogP contribution in [-0.2, 0) is 17.7 Å². The molecule has 0 saturated heterocycles. The zero-order chi connectivity index (χ0) is 20.1. The van der Waals surface area contributed by atoms with Gasteiger partial charge in [0.05, 0.1) is 5.56 Å². The molecule has 0 saturated carbocycles. The van der Waals surface area contributed by atoms with Crippen molar-refractivity contribution in [2.45, 2.75) is 31.8 Å². The van der Waals surface area contributed by atoms with E-state index >= 15 is 0 Å². The molecule has 0 spiro atoms. The van der Waals surface area contributed by atoms with Crippen LogP contribution >= 0.6 is 23.1 Å². The number of Topliss-reactive ketones (excluding diaryl/α,β-unsaturated/α-hetero) is 1. The monoisotopic (exact) mass is 414 g/mol. The lowest BCUT2D eigenvalue weighted by atomic mass is 10.1. The highest BCUT2D eigenvalue weighted by Crippen LogP contribution is 2.20. The van der Waals surface area contributed by atoms with E-state index in [4.69, 9.17) is 4.74 Å². The summed E-state index contributed by atoms with van der Waals surface area (Å²) in [4.78, 5) is 30.4. The molecule has 0 aliphatic carbocycles. The Balaban J connectivity index is 1.66. The maximum atomic E-state index is 12.6. The van der Waals surface area contributed by atoms with Gasteiger partial charge in [-0.2, -0.15) is 0 Å². The van der Waals surface area contributed by atoms with Gasteiger partial charge in [-0.15, -0.1) is 23.1 Å². The Morgan fingerprint density at radius 3 is 2.75 bits per heavy atom. The first kappa shape index (κ1) is 20.4. The molecule has 0 radical (unpaired) electrons. The second-order valence-corrected chi connectivity index (χ2v) is 8.15. The predicted molar refractivity (Wildman–Crippen MR) is 113 cm³/mol. The minimum atomic E-state index is -0.530. The number of esters is 1. The van der Waals surface area contributed by atoms with Crippen LogP contribution in [0.1, 0.15) is 37.0 Å². The quantitative estimate of drug-likeness (QED) is 0.307. The second kappa shape index (κ2) is 9.21. The number of thioether (sulfide) groups is 1. The largest absolute Gasteiger partial charge is 0.454 e. The van der Waals surface area contributed by atoms with Gasteiger partial charge in [0.25, 0.3) is 0 Å². The third-order valence-electron chi connectivity index (χ3n) is 4.55. The summed E-state index contributed by atoms with van der Waals surface area (Å²) in [5.41, 5.74) is 2.92. The van der Waals surface area contributed by atoms with Gasteiger partial charge in [-0.25, -0.2) is 9.78 Å². The van der Waals surface area contributed by atoms with Gasteiger partial charge in [-0.3, -0.25) is 4.79 Å². The van der Waals surface area contributed by atoms with Crippen LogP contribution in [-0.4, -0.2) is 34.2 Å². The number of carbonyl (C=O) groups is 2. The Morgan fingerprint density at radius 2 is 2.04 bits per heavy atom. The summed E-state index contributed by atoms with van der Waals surface area (Å²) in [5.74, 6) is -0.726. The average molecular weight is 415 g/mol. The van der Waals surface area contributed by atoms with Crippen LogP contribution in [0.2, 0.25) is 0 Å². The van der Waals surface area contributed by atoms with Gasteiger partial charge >= 0.3 is 5.97 Å². The number of carbonyl (C=O) groups excluding carboxylic acids is 2. The molecule has 7 heteroatoms. The second-order valence-electron chi connectivity index (χ2n) is 6.33. The standard InChI is InChI=1S/C21H22N2O3S2/c1-14-12-18(15(2)23(14)10-8-16-6-5-11-28-16)19(24)13-26-21(25)17-7-4-9-22-20(17)27-3/h4-7,9,11-12H,8,10,13H2,1-3H3. The summed E-state index contributed by atoms with van der Waals surface area (Å²) in [6.07, 6.45) is 4.39. The lowest BCUT2D eigenvalue weighted by Crippen LogP contribution is -2.16. The lowest BCUT2D eigenvalue weighted by molar-refractivity contribution is 0.0470. The number of hydrogen-bond acceptors (Lipinski definition) is 6. The Hall–Kier alpha value is -2.38. The van der Waals surface area contributed by atoms with Crippen molar-refractivity contribution >= 4 is 34.9 Å². The van der Waals surface area contributed by atoms with Crippen LogP contribution in [0.4, 0.5) is 0 Å². The molecule has 28 heavy (non-hydrogen) atoms. The summed E-state index contributed by atoms with van der Waals surface area (Å²) in [7, 11) is 0. The Bertz CT molecular complexity index is 978. The van der Waals surface area contributed by atoms with E-state index in [1.807, 2.05) is 32.2 Å². The molecule has 0 bridgehead atoms. The number of thiophene rings is 1. The van der Waals surface area contributed by atoms with Crippen LogP contribution in [0.3, 0.4) is 0 Å². The molecule has 0 N–H and O–H groups in total. The summed E-state index contributed by atoms with van der Waals surface area (Å²) in [5, 5.41) is 2.66. The molecular formula is C21H22N2O3S2. The van der Waals surface area contributed by atoms with Crippen molar-refractivity contribution in [3.63, 3.8) is 0 Å². The normalized spacial score (nSPS) is 10.8. The van der Waals surface area contributed by atoms with Crippen LogP contribution in [0.25, 0.3) is 0 Å². The third kappa shape index (κ3) is 4.54. The fourth-order valence-electron chi connectivity index (χ4n) is 3.10. The molecule has 3 heterocycles. The van der Waals surface area contributed by atoms with E-state index in [9.17, 15) is 9.59 Å². The molecular weight excluding hydrogens is 392 g/mol. The number of rotatable bonds is 8. The summed E-state index contributed by atoms with van der Waals surface area (Å²) in [6, 6.07) is 9.37. The fourth-order valence-corrected chi connectivity index (χ4v) is 4.34.